The first-order valence-electron chi connectivity index (χ1n) is 19.2. The second kappa shape index (κ2) is 18.4. The summed E-state index contributed by atoms with van der Waals surface area (Å²) in [6, 6.07) is 32.4. The van der Waals surface area contributed by atoms with Crippen LogP contribution in [0.5, 0.6) is 23.3 Å². The molecule has 1 fully saturated rings. The molecule has 16 nitrogen and oxygen atoms in total. The second-order valence-electron chi connectivity index (χ2n) is 13.6. The van der Waals surface area contributed by atoms with Crippen molar-refractivity contribution in [1.29, 1.82) is 0 Å². The Kier molecular flexibility index (Phi) is 12.0. The van der Waals surface area contributed by atoms with Gasteiger partial charge < -0.3 is 34.9 Å². The number of rotatable bonds is 14. The Labute approximate surface area is 345 Å². The topological polar surface area (TPSA) is 179 Å². The van der Waals surface area contributed by atoms with Crippen molar-refractivity contribution in [3.8, 4) is 40.2 Å². The maximum Gasteiger partial charge on any atom is 0.324 e. The Hall–Kier alpha value is -7.56. The van der Waals surface area contributed by atoms with Crippen LogP contribution in [0.25, 0.3) is 27.7 Å². The monoisotopic (exact) mass is 806 g/mol. The summed E-state index contributed by atoms with van der Waals surface area (Å²) in [5.41, 5.74) is 3.73. The number of carbonyl (C=O) groups is 2. The molecule has 0 atom stereocenters. The van der Waals surface area contributed by atoms with Gasteiger partial charge in [0.25, 0.3) is 5.91 Å². The molecule has 4 aromatic carbocycles. The van der Waals surface area contributed by atoms with E-state index in [2.05, 4.69) is 41.1 Å². The third-order valence-electron chi connectivity index (χ3n) is 9.65. The van der Waals surface area contributed by atoms with Crippen molar-refractivity contribution in [2.45, 2.75) is 0 Å². The molecule has 0 saturated carbocycles. The number of carbonyl (C=O) groups excluding carboxylic acids is 2. The van der Waals surface area contributed by atoms with Crippen LogP contribution in [0.15, 0.2) is 122 Å². The average Bonchev–Trinajstić information content (AvgIpc) is 3.71. The lowest BCUT2D eigenvalue weighted by Crippen LogP contribution is -2.41. The highest BCUT2D eigenvalue weighted by molar-refractivity contribution is 6.07. The highest BCUT2D eigenvalue weighted by atomic mass is 16.5. The van der Waals surface area contributed by atoms with E-state index in [1.807, 2.05) is 60.7 Å². The number of nitrogens with one attached hydrogen (secondary N) is 4. The molecule has 3 aromatic heterocycles. The van der Waals surface area contributed by atoms with Crippen LogP contribution in [0.3, 0.4) is 0 Å². The molecule has 0 unspecified atom stereocenters. The van der Waals surface area contributed by atoms with Crippen LogP contribution in [0, 0.1) is 0 Å². The minimum absolute atomic E-state index is 0.222. The molecule has 7 aromatic rings. The number of morpholine rings is 1. The van der Waals surface area contributed by atoms with Gasteiger partial charge in [-0.05, 0) is 30.3 Å². The zero-order chi connectivity index (χ0) is 41.3. The predicted octanol–water partition coefficient (Wildman–Crippen LogP) is 7.14. The standard InChI is InChI=1S/C44H42N10O6/c1-57-33-25-30(42(55)45-18-19-53-20-22-59-23-21-53)24-31(26-33)48-43-46-17-16-41(51-43)60-38-14-13-36(34-10-6-7-11-35(34)38)49-44(56)50-39-27-37(29-8-4-3-5-9-29)52-54(39)32-12-15-40(58-2)47-28-32/h3-17,24-28H,18-23H2,1-2H3,(H,45,55)(H,46,48,51)(H2,49,50,56). The van der Waals surface area contributed by atoms with Crippen molar-refractivity contribution in [3.05, 3.63) is 127 Å². The smallest absolute Gasteiger partial charge is 0.324 e. The average molecular weight is 807 g/mol. The Morgan fingerprint density at radius 2 is 1.62 bits per heavy atom. The summed E-state index contributed by atoms with van der Waals surface area (Å²) in [5, 5.41) is 18.4. The van der Waals surface area contributed by atoms with Gasteiger partial charge in [0.15, 0.2) is 0 Å². The summed E-state index contributed by atoms with van der Waals surface area (Å²) in [5.74, 6) is 2.20. The van der Waals surface area contributed by atoms with E-state index in [9.17, 15) is 9.59 Å². The number of methoxy groups -OCH3 is 2. The van der Waals surface area contributed by atoms with Crippen LogP contribution in [0.2, 0.25) is 0 Å². The van der Waals surface area contributed by atoms with Gasteiger partial charge in [-0.25, -0.2) is 19.4 Å². The molecule has 1 saturated heterocycles. The van der Waals surface area contributed by atoms with Crippen molar-refractivity contribution >= 4 is 45.9 Å². The number of fused-ring (bicyclic) bond motifs is 1. The van der Waals surface area contributed by atoms with E-state index in [4.69, 9.17) is 24.0 Å². The van der Waals surface area contributed by atoms with E-state index in [1.54, 1.807) is 79.8 Å². The lowest BCUT2D eigenvalue weighted by atomic mass is 10.1. The number of hydrogen-bond donors (Lipinski definition) is 4. The fraction of sp³-hybridized carbons (Fsp3) is 0.182. The molecule has 60 heavy (non-hydrogen) atoms. The van der Waals surface area contributed by atoms with E-state index in [1.165, 1.54) is 0 Å². The molecule has 4 N–H and O–H groups in total. The molecule has 1 aliphatic heterocycles. The Balaban J connectivity index is 0.967. The zero-order valence-electron chi connectivity index (χ0n) is 32.9. The van der Waals surface area contributed by atoms with E-state index in [0.29, 0.717) is 71.3 Å². The maximum absolute atomic E-state index is 13.6. The number of nitrogens with zero attached hydrogens (tertiary/aromatic N) is 6. The molecule has 16 heteroatoms. The van der Waals surface area contributed by atoms with E-state index >= 15 is 0 Å². The predicted molar refractivity (Wildman–Crippen MR) is 228 cm³/mol. The van der Waals surface area contributed by atoms with Crippen LogP contribution in [0.1, 0.15) is 10.4 Å². The van der Waals surface area contributed by atoms with Crippen molar-refractivity contribution < 1.29 is 28.5 Å². The third-order valence-corrected chi connectivity index (χ3v) is 9.65. The normalized spacial score (nSPS) is 12.7. The fourth-order valence-electron chi connectivity index (χ4n) is 6.65. The maximum atomic E-state index is 13.6. The van der Waals surface area contributed by atoms with Crippen molar-refractivity contribution in [2.75, 3.05) is 69.6 Å². The van der Waals surface area contributed by atoms with E-state index in [-0.39, 0.29) is 17.7 Å². The van der Waals surface area contributed by atoms with Crippen LogP contribution >= 0.6 is 0 Å². The molecule has 0 radical (unpaired) electrons. The minimum Gasteiger partial charge on any atom is -0.497 e. The van der Waals surface area contributed by atoms with Crippen molar-refractivity contribution in [2.24, 2.45) is 0 Å². The molecule has 304 valence electrons. The highest BCUT2D eigenvalue weighted by Gasteiger charge is 2.18. The minimum atomic E-state index is -0.478. The van der Waals surface area contributed by atoms with Gasteiger partial charge in [0.2, 0.25) is 17.7 Å². The first kappa shape index (κ1) is 39.3. The van der Waals surface area contributed by atoms with Gasteiger partial charge in [0, 0.05) is 84.2 Å². The number of ether oxygens (including phenoxy) is 4. The van der Waals surface area contributed by atoms with Gasteiger partial charge in [0.1, 0.15) is 17.3 Å². The molecular formula is C44H42N10O6. The van der Waals surface area contributed by atoms with Crippen molar-refractivity contribution in [3.63, 3.8) is 0 Å². The lowest BCUT2D eigenvalue weighted by Gasteiger charge is -2.26. The Bertz CT molecular complexity index is 2600. The summed E-state index contributed by atoms with van der Waals surface area (Å²) in [4.78, 5) is 42.3. The van der Waals surface area contributed by atoms with Crippen LogP contribution < -0.4 is 35.5 Å². The Morgan fingerprint density at radius 3 is 2.40 bits per heavy atom. The molecule has 1 aliphatic rings. The number of pyridine rings is 1. The molecule has 0 spiro atoms. The van der Waals surface area contributed by atoms with Gasteiger partial charge in [-0.3, -0.25) is 15.0 Å². The van der Waals surface area contributed by atoms with Crippen LogP contribution in [-0.2, 0) is 4.74 Å². The van der Waals surface area contributed by atoms with Gasteiger partial charge in [0.05, 0.1) is 50.7 Å². The number of hydrogen-bond acceptors (Lipinski definition) is 12. The van der Waals surface area contributed by atoms with Crippen LogP contribution in [0.4, 0.5) is 27.9 Å². The second-order valence-corrected chi connectivity index (χ2v) is 13.6. The molecule has 3 amide bonds. The number of benzene rings is 4. The fourth-order valence-corrected chi connectivity index (χ4v) is 6.65. The molecular weight excluding hydrogens is 765 g/mol. The number of amides is 3. The SMILES string of the molecule is COc1cc(Nc2nccc(Oc3ccc(NC(=O)Nc4cc(-c5ccccc5)nn4-c4ccc(OC)nc4)c4ccccc34)n2)cc(C(=O)NCCN2CCOCC2)c1. The van der Waals surface area contributed by atoms with Crippen molar-refractivity contribution in [1.82, 2.24) is 34.9 Å². The number of anilines is 4. The van der Waals surface area contributed by atoms with E-state index in [0.717, 1.165) is 36.0 Å². The first-order chi connectivity index (χ1) is 29.4. The molecule has 8 rings (SSSR count). The van der Waals surface area contributed by atoms with E-state index < -0.39 is 6.03 Å². The molecule has 0 bridgehead atoms. The quantitative estimate of drug-likeness (QED) is 0.0875. The van der Waals surface area contributed by atoms with Gasteiger partial charge in [-0.2, -0.15) is 10.1 Å². The number of urea groups is 1. The van der Waals surface area contributed by atoms with Gasteiger partial charge in [-0.15, -0.1) is 0 Å². The largest absolute Gasteiger partial charge is 0.497 e. The summed E-state index contributed by atoms with van der Waals surface area (Å²) >= 11 is 0. The van der Waals surface area contributed by atoms with Gasteiger partial charge >= 0.3 is 6.03 Å². The number of aromatic nitrogens is 5. The Morgan fingerprint density at radius 1 is 0.800 bits per heavy atom. The molecule has 4 heterocycles. The lowest BCUT2D eigenvalue weighted by molar-refractivity contribution is 0.0383. The molecule has 0 aliphatic carbocycles. The van der Waals surface area contributed by atoms with Gasteiger partial charge in [-0.1, -0.05) is 54.6 Å². The summed E-state index contributed by atoms with van der Waals surface area (Å²) in [6.45, 7) is 4.34. The summed E-state index contributed by atoms with van der Waals surface area (Å²) < 4.78 is 24.1. The first-order valence-corrected chi connectivity index (χ1v) is 19.2. The van der Waals surface area contributed by atoms with Crippen LogP contribution in [-0.4, -0.2) is 95.2 Å². The summed E-state index contributed by atoms with van der Waals surface area (Å²) in [6.07, 6.45) is 3.19. The highest BCUT2D eigenvalue weighted by Crippen LogP contribution is 2.35. The zero-order valence-corrected chi connectivity index (χ0v) is 32.9. The third kappa shape index (κ3) is 9.41. The summed E-state index contributed by atoms with van der Waals surface area (Å²) in [7, 11) is 3.09.